The fraction of sp³-hybridized carbons (Fsp3) is 0.625. The van der Waals surface area contributed by atoms with E-state index in [1.165, 1.54) is 37.8 Å². The highest BCUT2D eigenvalue weighted by Crippen LogP contribution is 2.47. The van der Waals surface area contributed by atoms with Crippen LogP contribution in [0.3, 0.4) is 0 Å². The van der Waals surface area contributed by atoms with E-state index in [0.29, 0.717) is 5.41 Å². The van der Waals surface area contributed by atoms with Crippen molar-refractivity contribution in [2.24, 2.45) is 5.92 Å². The SMILES string of the molecule is Cc1cccc([C@@]23CCCC(C2)NC[C@H]3C)c1. The van der Waals surface area contributed by atoms with Crippen molar-refractivity contribution in [3.8, 4) is 0 Å². The smallest absolute Gasteiger partial charge is 0.00757 e. The van der Waals surface area contributed by atoms with Gasteiger partial charge in [-0.3, -0.25) is 0 Å². The van der Waals surface area contributed by atoms with Crippen LogP contribution in [0.25, 0.3) is 0 Å². The third-order valence-electron chi connectivity index (χ3n) is 5.04. The summed E-state index contributed by atoms with van der Waals surface area (Å²) >= 11 is 0. The zero-order valence-electron chi connectivity index (χ0n) is 11.0. The maximum Gasteiger partial charge on any atom is 0.00757 e. The summed E-state index contributed by atoms with van der Waals surface area (Å²) in [5, 5.41) is 3.71. The van der Waals surface area contributed by atoms with Gasteiger partial charge >= 0.3 is 0 Å². The summed E-state index contributed by atoms with van der Waals surface area (Å²) in [7, 11) is 0. The number of hydrogen-bond donors (Lipinski definition) is 1. The first-order valence-electron chi connectivity index (χ1n) is 7.01. The minimum Gasteiger partial charge on any atom is -0.314 e. The molecule has 3 atom stereocenters. The van der Waals surface area contributed by atoms with Crippen LogP contribution >= 0.6 is 0 Å². The lowest BCUT2D eigenvalue weighted by Crippen LogP contribution is -2.54. The molecule has 92 valence electrons. The molecule has 2 bridgehead atoms. The number of benzene rings is 1. The number of rotatable bonds is 1. The summed E-state index contributed by atoms with van der Waals surface area (Å²) in [6.45, 7) is 5.83. The van der Waals surface area contributed by atoms with E-state index < -0.39 is 0 Å². The summed E-state index contributed by atoms with van der Waals surface area (Å²) in [5.74, 6) is 0.765. The summed E-state index contributed by atoms with van der Waals surface area (Å²) in [6.07, 6.45) is 5.49. The highest BCUT2D eigenvalue weighted by Gasteiger charge is 2.44. The van der Waals surface area contributed by atoms with Gasteiger partial charge in [-0.15, -0.1) is 0 Å². The average molecular weight is 229 g/mol. The zero-order chi connectivity index (χ0) is 11.9. The van der Waals surface area contributed by atoms with Crippen LogP contribution < -0.4 is 5.32 Å². The maximum atomic E-state index is 3.71. The van der Waals surface area contributed by atoms with Crippen LogP contribution in [0.2, 0.25) is 0 Å². The van der Waals surface area contributed by atoms with Crippen LogP contribution in [0.1, 0.15) is 43.7 Å². The minimum atomic E-state index is 0.459. The van der Waals surface area contributed by atoms with Gasteiger partial charge in [0.25, 0.3) is 0 Å². The lowest BCUT2D eigenvalue weighted by Gasteiger charge is -2.50. The fourth-order valence-corrected chi connectivity index (χ4v) is 3.97. The Morgan fingerprint density at radius 3 is 3.06 bits per heavy atom. The summed E-state index contributed by atoms with van der Waals surface area (Å²) in [4.78, 5) is 0. The van der Waals surface area contributed by atoms with Crippen molar-refractivity contribution >= 4 is 0 Å². The van der Waals surface area contributed by atoms with Crippen LogP contribution in [-0.4, -0.2) is 12.6 Å². The van der Waals surface area contributed by atoms with Gasteiger partial charge in [0.05, 0.1) is 0 Å². The molecule has 2 aliphatic rings. The predicted molar refractivity (Wildman–Crippen MR) is 72.3 cm³/mol. The second-order valence-corrected chi connectivity index (χ2v) is 6.13. The highest BCUT2D eigenvalue weighted by molar-refractivity contribution is 5.32. The van der Waals surface area contributed by atoms with E-state index in [4.69, 9.17) is 0 Å². The van der Waals surface area contributed by atoms with Gasteiger partial charge in [-0.05, 0) is 44.2 Å². The number of aryl methyl sites for hydroxylation is 1. The number of nitrogens with one attached hydrogen (secondary N) is 1. The largest absolute Gasteiger partial charge is 0.314 e. The molecule has 0 aromatic heterocycles. The molecule has 1 N–H and O–H groups in total. The molecule has 0 amide bonds. The van der Waals surface area contributed by atoms with Crippen molar-refractivity contribution in [1.82, 2.24) is 5.32 Å². The fourth-order valence-electron chi connectivity index (χ4n) is 3.97. The van der Waals surface area contributed by atoms with Gasteiger partial charge in [-0.2, -0.15) is 0 Å². The molecule has 2 fully saturated rings. The quantitative estimate of drug-likeness (QED) is 0.778. The standard InChI is InChI=1S/C16H23N/c1-12-5-3-6-14(9-12)16-8-4-7-15(10-16)17-11-13(16)2/h3,5-6,9,13,15,17H,4,7-8,10-11H2,1-2H3/t13-,15?,16+/m1/s1. The Kier molecular flexibility index (Phi) is 2.74. The first-order chi connectivity index (χ1) is 8.21. The Morgan fingerprint density at radius 1 is 1.35 bits per heavy atom. The summed E-state index contributed by atoms with van der Waals surface area (Å²) in [5.41, 5.74) is 3.46. The van der Waals surface area contributed by atoms with Crippen LogP contribution in [0.5, 0.6) is 0 Å². The van der Waals surface area contributed by atoms with E-state index in [0.717, 1.165) is 12.0 Å². The van der Waals surface area contributed by atoms with E-state index in [9.17, 15) is 0 Å². The van der Waals surface area contributed by atoms with Crippen LogP contribution in [0, 0.1) is 12.8 Å². The molecular formula is C16H23N. The molecule has 1 aliphatic carbocycles. The molecule has 1 aromatic rings. The first kappa shape index (κ1) is 11.3. The Hall–Kier alpha value is -0.820. The topological polar surface area (TPSA) is 12.0 Å². The van der Waals surface area contributed by atoms with Crippen molar-refractivity contribution in [2.75, 3.05) is 6.54 Å². The number of piperidine rings is 1. The van der Waals surface area contributed by atoms with E-state index in [1.54, 1.807) is 5.56 Å². The highest BCUT2D eigenvalue weighted by atomic mass is 14.9. The van der Waals surface area contributed by atoms with Gasteiger partial charge < -0.3 is 5.32 Å². The van der Waals surface area contributed by atoms with E-state index >= 15 is 0 Å². The van der Waals surface area contributed by atoms with Crippen molar-refractivity contribution in [1.29, 1.82) is 0 Å². The average Bonchev–Trinajstić information content (AvgIpc) is 2.35. The Bertz CT molecular complexity index is 412. The molecule has 1 heteroatoms. The molecular weight excluding hydrogens is 206 g/mol. The van der Waals surface area contributed by atoms with Crippen molar-refractivity contribution in [3.63, 3.8) is 0 Å². The summed E-state index contributed by atoms with van der Waals surface area (Å²) in [6, 6.07) is 9.99. The first-order valence-corrected chi connectivity index (χ1v) is 7.01. The molecule has 1 heterocycles. The molecule has 1 aromatic carbocycles. The van der Waals surface area contributed by atoms with Crippen molar-refractivity contribution < 1.29 is 0 Å². The van der Waals surface area contributed by atoms with E-state index in [-0.39, 0.29) is 0 Å². The van der Waals surface area contributed by atoms with Gasteiger partial charge in [0.15, 0.2) is 0 Å². The maximum absolute atomic E-state index is 3.71. The lowest BCUT2D eigenvalue weighted by molar-refractivity contribution is 0.120. The predicted octanol–water partition coefficient (Wildman–Crippen LogP) is 3.41. The molecule has 1 saturated carbocycles. The van der Waals surface area contributed by atoms with Gasteiger partial charge in [0, 0.05) is 11.5 Å². The molecule has 3 rings (SSSR count). The second kappa shape index (κ2) is 4.13. The van der Waals surface area contributed by atoms with Gasteiger partial charge in [-0.25, -0.2) is 0 Å². The zero-order valence-corrected chi connectivity index (χ0v) is 11.0. The number of fused-ring (bicyclic) bond motifs is 2. The Balaban J connectivity index is 2.02. The van der Waals surface area contributed by atoms with E-state index in [2.05, 4.69) is 43.4 Å². The minimum absolute atomic E-state index is 0.459. The molecule has 0 spiro atoms. The van der Waals surface area contributed by atoms with Gasteiger partial charge in [-0.1, -0.05) is 43.2 Å². The Labute approximate surface area is 105 Å². The van der Waals surface area contributed by atoms with Crippen molar-refractivity contribution in [3.05, 3.63) is 35.4 Å². The van der Waals surface area contributed by atoms with Crippen LogP contribution in [0.15, 0.2) is 24.3 Å². The van der Waals surface area contributed by atoms with Crippen molar-refractivity contribution in [2.45, 2.75) is 51.0 Å². The van der Waals surface area contributed by atoms with E-state index in [1.807, 2.05) is 0 Å². The lowest BCUT2D eigenvalue weighted by atomic mass is 9.59. The molecule has 1 unspecified atom stereocenters. The monoisotopic (exact) mass is 229 g/mol. The second-order valence-electron chi connectivity index (χ2n) is 6.13. The Morgan fingerprint density at radius 2 is 2.24 bits per heavy atom. The molecule has 1 aliphatic heterocycles. The molecule has 0 radical (unpaired) electrons. The molecule has 1 saturated heterocycles. The van der Waals surface area contributed by atoms with Crippen LogP contribution in [-0.2, 0) is 5.41 Å². The molecule has 1 nitrogen and oxygen atoms in total. The third-order valence-corrected chi connectivity index (χ3v) is 5.04. The van der Waals surface area contributed by atoms with Crippen LogP contribution in [0.4, 0.5) is 0 Å². The molecule has 17 heavy (non-hydrogen) atoms. The third kappa shape index (κ3) is 1.81. The van der Waals surface area contributed by atoms with Gasteiger partial charge in [0.2, 0.25) is 0 Å². The normalized spacial score (nSPS) is 36.8. The van der Waals surface area contributed by atoms with Gasteiger partial charge in [0.1, 0.15) is 0 Å². The summed E-state index contributed by atoms with van der Waals surface area (Å²) < 4.78 is 0. The number of hydrogen-bond acceptors (Lipinski definition) is 1.